The molecule has 0 atom stereocenters. The molecule has 0 N–H and O–H groups in total. The fraction of sp³-hybridized carbons (Fsp3) is 0.143. The van der Waals surface area contributed by atoms with Crippen LogP contribution in [0.25, 0.3) is 0 Å². The zero-order valence-electron chi connectivity index (χ0n) is 5.18. The molecule has 0 aliphatic rings. The average molecular weight is 264 g/mol. The van der Waals surface area contributed by atoms with Crippen LogP contribution in [0.3, 0.4) is 0 Å². The maximum atomic E-state index is 5.53. The van der Waals surface area contributed by atoms with Crippen LogP contribution in [0, 0.1) is 0 Å². The number of halogens is 1. The van der Waals surface area contributed by atoms with Gasteiger partial charge in [0, 0.05) is 54.8 Å². The molecule has 0 aliphatic heterocycles. The molecule has 0 unspecified atom stereocenters. The van der Waals surface area contributed by atoms with Gasteiger partial charge in [-0.1, -0.05) is 30.3 Å². The maximum absolute atomic E-state index is 5.53. The topological polar surface area (TPSA) is 0 Å². The first kappa shape index (κ1) is 10.1. The summed E-state index contributed by atoms with van der Waals surface area (Å²) >= 11 is 5.53. The van der Waals surface area contributed by atoms with Gasteiger partial charge >= 0.3 is 0 Å². The van der Waals surface area contributed by atoms with Crippen LogP contribution in [0.5, 0.6) is 0 Å². The summed E-state index contributed by atoms with van der Waals surface area (Å²) in [4.78, 5) is 0. The molecule has 0 aliphatic carbocycles. The second-order valence-electron chi connectivity index (χ2n) is 1.62. The minimum absolute atomic E-state index is 0. The van der Waals surface area contributed by atoms with E-state index in [1.807, 2.05) is 30.3 Å². The van der Waals surface area contributed by atoms with Gasteiger partial charge in [-0.15, -0.1) is 11.6 Å². The van der Waals surface area contributed by atoms with Crippen LogP contribution in [0.4, 0.5) is 0 Å². The van der Waals surface area contributed by atoms with Gasteiger partial charge < -0.3 is 0 Å². The predicted molar refractivity (Wildman–Crippen MR) is 41.8 cm³/mol. The van der Waals surface area contributed by atoms with Gasteiger partial charge in [0.2, 0.25) is 0 Å². The number of rotatable bonds is 1. The van der Waals surface area contributed by atoms with Crippen LogP contribution in [0.2, 0.25) is 0 Å². The molecule has 0 spiro atoms. The normalized spacial score (nSPS) is 8.11. The van der Waals surface area contributed by atoms with E-state index in [1.165, 1.54) is 5.56 Å². The van der Waals surface area contributed by atoms with Crippen LogP contribution < -0.4 is 0 Å². The van der Waals surface area contributed by atoms with Crippen molar-refractivity contribution in [1.82, 2.24) is 0 Å². The number of benzene rings is 1. The first-order valence-corrected chi connectivity index (χ1v) is 3.07. The summed E-state index contributed by atoms with van der Waals surface area (Å²) in [6, 6.07) is 9.96. The zero-order chi connectivity index (χ0) is 5.82. The Kier molecular flexibility index (Phi) is 6.54. The smallest absolute Gasteiger partial charge is 0.0474 e. The van der Waals surface area contributed by atoms with Crippen molar-refractivity contribution in [2.45, 2.75) is 5.88 Å². The van der Waals surface area contributed by atoms with E-state index in [9.17, 15) is 0 Å². The Balaban J connectivity index is 0.000000640. The van der Waals surface area contributed by atoms with Crippen molar-refractivity contribution in [1.29, 1.82) is 0 Å². The van der Waals surface area contributed by atoms with Gasteiger partial charge in [-0.3, -0.25) is 0 Å². The molecule has 9 heavy (non-hydrogen) atoms. The molecule has 2 radical (unpaired) electrons. The summed E-state index contributed by atoms with van der Waals surface area (Å²) in [7, 11) is 0. The van der Waals surface area contributed by atoms with Crippen LogP contribution in [0.15, 0.2) is 30.3 Å². The van der Waals surface area contributed by atoms with E-state index in [0.717, 1.165) is 0 Å². The third kappa shape index (κ3) is 3.71. The quantitative estimate of drug-likeness (QED) is 0.538. The van der Waals surface area contributed by atoms with E-state index in [4.69, 9.17) is 11.6 Å². The second-order valence-corrected chi connectivity index (χ2v) is 1.89. The van der Waals surface area contributed by atoms with Gasteiger partial charge in [0.25, 0.3) is 0 Å². The van der Waals surface area contributed by atoms with Gasteiger partial charge in [-0.25, -0.2) is 0 Å². The summed E-state index contributed by atoms with van der Waals surface area (Å²) in [6.07, 6.45) is 0. The van der Waals surface area contributed by atoms with Crippen LogP contribution in [-0.4, -0.2) is 48.9 Å². The molecule has 1 aromatic carbocycles. The van der Waals surface area contributed by atoms with Gasteiger partial charge in [0.1, 0.15) is 0 Å². The molecule has 0 nitrogen and oxygen atoms in total. The first-order valence-electron chi connectivity index (χ1n) is 2.53. The number of hydrogen-bond donors (Lipinski definition) is 0. The summed E-state index contributed by atoms with van der Waals surface area (Å²) in [6.45, 7) is 0. The van der Waals surface area contributed by atoms with E-state index >= 15 is 0 Å². The average Bonchev–Trinajstić information content (AvgIpc) is 1.90. The SMILES string of the molecule is ClCc1ccccc1.[Ba]. The summed E-state index contributed by atoms with van der Waals surface area (Å²) in [5, 5.41) is 0. The Hall–Kier alpha value is 1.08. The van der Waals surface area contributed by atoms with Gasteiger partial charge in [0.15, 0.2) is 0 Å². The predicted octanol–water partition coefficient (Wildman–Crippen LogP) is 2.04. The van der Waals surface area contributed by atoms with Crippen molar-refractivity contribution >= 4 is 60.5 Å². The molecule has 44 valence electrons. The number of alkyl halides is 1. The minimum atomic E-state index is 0. The van der Waals surface area contributed by atoms with Gasteiger partial charge in [-0.05, 0) is 5.56 Å². The van der Waals surface area contributed by atoms with Crippen LogP contribution in [0.1, 0.15) is 5.56 Å². The molecule has 1 rings (SSSR count). The van der Waals surface area contributed by atoms with E-state index in [1.54, 1.807) is 0 Å². The van der Waals surface area contributed by atoms with Gasteiger partial charge in [0.05, 0.1) is 0 Å². The van der Waals surface area contributed by atoms with E-state index in [0.29, 0.717) is 5.88 Å². The van der Waals surface area contributed by atoms with Crippen molar-refractivity contribution in [2.75, 3.05) is 0 Å². The Morgan fingerprint density at radius 3 is 2.00 bits per heavy atom. The van der Waals surface area contributed by atoms with Crippen LogP contribution in [-0.2, 0) is 5.88 Å². The van der Waals surface area contributed by atoms with Crippen molar-refractivity contribution in [2.24, 2.45) is 0 Å². The molecule has 0 saturated heterocycles. The maximum Gasteiger partial charge on any atom is 0.0474 e. The molecule has 1 aromatic rings. The molecule has 0 amide bonds. The summed E-state index contributed by atoms with van der Waals surface area (Å²) < 4.78 is 0. The van der Waals surface area contributed by atoms with Crippen LogP contribution >= 0.6 is 11.6 Å². The largest absolute Gasteiger partial charge is 0.122 e. The van der Waals surface area contributed by atoms with E-state index in [2.05, 4.69) is 0 Å². The zero-order valence-corrected chi connectivity index (χ0v) is 10.4. The summed E-state index contributed by atoms with van der Waals surface area (Å²) in [5.74, 6) is 0.612. The van der Waals surface area contributed by atoms with Gasteiger partial charge in [-0.2, -0.15) is 0 Å². The molecule has 0 saturated carbocycles. The third-order valence-corrected chi connectivity index (χ3v) is 1.31. The van der Waals surface area contributed by atoms with Crippen molar-refractivity contribution in [3.63, 3.8) is 0 Å². The Labute approximate surface area is 101 Å². The summed E-state index contributed by atoms with van der Waals surface area (Å²) in [5.41, 5.74) is 1.18. The fourth-order valence-electron chi connectivity index (χ4n) is 0.567. The molecule has 0 fully saturated rings. The van der Waals surface area contributed by atoms with E-state index in [-0.39, 0.29) is 48.9 Å². The second kappa shape index (κ2) is 5.84. The molecule has 2 heteroatoms. The number of hydrogen-bond acceptors (Lipinski definition) is 0. The van der Waals surface area contributed by atoms with Crippen molar-refractivity contribution in [3.8, 4) is 0 Å². The monoisotopic (exact) mass is 264 g/mol. The first-order chi connectivity index (χ1) is 3.93. The minimum Gasteiger partial charge on any atom is -0.122 e. The Bertz CT molecular complexity index is 150. The molecule has 0 bridgehead atoms. The Morgan fingerprint density at radius 1 is 1.11 bits per heavy atom. The van der Waals surface area contributed by atoms with Crippen molar-refractivity contribution < 1.29 is 0 Å². The standard InChI is InChI=1S/C7H7Cl.Ba/c8-6-7-4-2-1-3-5-7;/h1-5H,6H2;. The fourth-order valence-corrected chi connectivity index (χ4v) is 0.745. The third-order valence-electron chi connectivity index (χ3n) is 0.997. The van der Waals surface area contributed by atoms with E-state index < -0.39 is 0 Å². The molecular weight excluding hydrogens is 257 g/mol. The van der Waals surface area contributed by atoms with Crippen molar-refractivity contribution in [3.05, 3.63) is 35.9 Å². The Morgan fingerprint density at radius 2 is 1.67 bits per heavy atom. The molecule has 0 heterocycles. The molecule has 0 aromatic heterocycles. The molecular formula is C7H7BaCl.